The summed E-state index contributed by atoms with van der Waals surface area (Å²) >= 11 is 0. The fraction of sp³-hybridized carbons (Fsp3) is 0.333. The van der Waals surface area contributed by atoms with Crippen molar-refractivity contribution in [2.45, 2.75) is 9.79 Å². The van der Waals surface area contributed by atoms with Crippen LogP contribution in [-0.4, -0.2) is 51.6 Å². The lowest BCUT2D eigenvalue weighted by molar-refractivity contribution is -0.880. The fourth-order valence-electron chi connectivity index (χ4n) is 2.76. The van der Waals surface area contributed by atoms with Gasteiger partial charge in [-0.3, -0.25) is 0 Å². The molecular weight excluding hydrogens is 328 g/mol. The summed E-state index contributed by atoms with van der Waals surface area (Å²) in [4.78, 5) is 11.5. The zero-order valence-corrected chi connectivity index (χ0v) is 14.3. The maximum Gasteiger partial charge on any atom is 0.224 e. The Morgan fingerprint density at radius 3 is 2.33 bits per heavy atom. The van der Waals surface area contributed by atoms with Crippen molar-refractivity contribution in [2.24, 2.45) is 0 Å². The minimum absolute atomic E-state index is 0.0270. The molecule has 5 N–H and O–H groups in total. The topological polar surface area (TPSA) is 120 Å². The second-order valence-corrected chi connectivity index (χ2v) is 7.77. The molecule has 0 bridgehead atoms. The van der Waals surface area contributed by atoms with Crippen LogP contribution in [0.2, 0.25) is 0 Å². The molecule has 9 heteroatoms. The van der Waals surface area contributed by atoms with Crippen LogP contribution in [-0.2, 0) is 9.84 Å². The molecule has 1 aromatic heterocycles. The van der Waals surface area contributed by atoms with Crippen molar-refractivity contribution in [1.82, 2.24) is 9.97 Å². The molecule has 0 aliphatic carbocycles. The second kappa shape index (κ2) is 6.25. The average molecular weight is 349 g/mol. The summed E-state index contributed by atoms with van der Waals surface area (Å²) in [7, 11) is -1.74. The van der Waals surface area contributed by atoms with E-state index in [1.807, 2.05) is 4.90 Å². The summed E-state index contributed by atoms with van der Waals surface area (Å²) in [6.45, 7) is 3.13. The predicted molar refractivity (Wildman–Crippen MR) is 91.6 cm³/mol. The minimum Gasteiger partial charge on any atom is -0.382 e. The third kappa shape index (κ3) is 3.00. The molecule has 8 nitrogen and oxygen atoms in total. The molecule has 24 heavy (non-hydrogen) atoms. The van der Waals surface area contributed by atoms with E-state index in [2.05, 4.69) is 17.0 Å². The Bertz CT molecular complexity index is 833. The Kier molecular flexibility index (Phi) is 4.29. The van der Waals surface area contributed by atoms with E-state index in [-0.39, 0.29) is 27.4 Å². The van der Waals surface area contributed by atoms with E-state index in [0.717, 1.165) is 13.1 Å². The van der Waals surface area contributed by atoms with Gasteiger partial charge in [0.05, 0.1) is 38.1 Å². The number of quaternary nitrogens is 1. The predicted octanol–water partition coefficient (Wildman–Crippen LogP) is -1.19. The summed E-state index contributed by atoms with van der Waals surface area (Å²) in [6, 6.07) is 8.15. The van der Waals surface area contributed by atoms with Gasteiger partial charge in [-0.2, -0.15) is 9.97 Å². The molecule has 2 aromatic rings. The van der Waals surface area contributed by atoms with Crippen LogP contribution in [0.15, 0.2) is 40.1 Å². The summed E-state index contributed by atoms with van der Waals surface area (Å²) < 4.78 is 26.1. The van der Waals surface area contributed by atoms with Gasteiger partial charge >= 0.3 is 0 Å². The number of nitrogens with two attached hydrogens (primary N) is 2. The standard InChI is InChI=1S/C15H20N6O2S/c1-20-7-9-21(10-8-20)14-12(13(16)18-15(17)19-14)24(22,23)11-5-3-2-4-6-11/h2-6H,7-10H2,1H3,(H4,16,17,18,19)/p+1. The van der Waals surface area contributed by atoms with Crippen molar-refractivity contribution in [1.29, 1.82) is 0 Å². The van der Waals surface area contributed by atoms with Crippen LogP contribution in [0.1, 0.15) is 0 Å². The van der Waals surface area contributed by atoms with Gasteiger partial charge in [0, 0.05) is 0 Å². The number of aromatic nitrogens is 2. The van der Waals surface area contributed by atoms with E-state index in [0.29, 0.717) is 13.1 Å². The molecule has 0 spiro atoms. The van der Waals surface area contributed by atoms with Crippen molar-refractivity contribution in [3.8, 4) is 0 Å². The first-order valence-electron chi connectivity index (χ1n) is 7.69. The van der Waals surface area contributed by atoms with Gasteiger partial charge in [0.2, 0.25) is 15.8 Å². The van der Waals surface area contributed by atoms with Gasteiger partial charge in [-0.15, -0.1) is 0 Å². The maximum absolute atomic E-state index is 13.1. The molecule has 0 unspecified atom stereocenters. The Labute approximate surface area is 141 Å². The molecule has 1 saturated heterocycles. The number of hydrogen-bond donors (Lipinski definition) is 3. The first-order valence-corrected chi connectivity index (χ1v) is 9.17. The number of sulfone groups is 1. The largest absolute Gasteiger partial charge is 0.382 e. The Morgan fingerprint density at radius 2 is 1.71 bits per heavy atom. The summed E-state index contributed by atoms with van der Waals surface area (Å²) in [5, 5.41) is 0. The molecule has 0 saturated carbocycles. The molecule has 0 radical (unpaired) electrons. The van der Waals surface area contributed by atoms with Crippen LogP contribution in [0.25, 0.3) is 0 Å². The van der Waals surface area contributed by atoms with Crippen LogP contribution in [0.4, 0.5) is 17.6 Å². The van der Waals surface area contributed by atoms with Gasteiger partial charge < -0.3 is 21.3 Å². The molecule has 2 heterocycles. The van der Waals surface area contributed by atoms with Crippen molar-refractivity contribution in [2.75, 3.05) is 49.6 Å². The SMILES string of the molecule is C[NH+]1CCN(c2nc(N)nc(N)c2S(=O)(=O)c2ccccc2)CC1. The Hall–Kier alpha value is -2.39. The Balaban J connectivity index is 2.14. The van der Waals surface area contributed by atoms with Crippen LogP contribution in [0, 0.1) is 0 Å². The number of rotatable bonds is 3. The highest BCUT2D eigenvalue weighted by Gasteiger charge is 2.31. The van der Waals surface area contributed by atoms with Gasteiger partial charge in [0.1, 0.15) is 0 Å². The summed E-state index contributed by atoms with van der Waals surface area (Å²) in [6.07, 6.45) is 0. The lowest BCUT2D eigenvalue weighted by Gasteiger charge is -2.32. The first kappa shape index (κ1) is 16.5. The molecule has 1 fully saturated rings. The second-order valence-electron chi connectivity index (χ2n) is 5.88. The molecular formula is C15H21N6O2S+. The highest BCUT2D eigenvalue weighted by Crippen LogP contribution is 2.33. The van der Waals surface area contributed by atoms with Gasteiger partial charge in [0.25, 0.3) is 0 Å². The van der Waals surface area contributed by atoms with Crippen LogP contribution in [0.3, 0.4) is 0 Å². The van der Waals surface area contributed by atoms with Crippen LogP contribution < -0.4 is 21.3 Å². The van der Waals surface area contributed by atoms with Gasteiger partial charge in [0.15, 0.2) is 16.5 Å². The van der Waals surface area contributed by atoms with Crippen molar-refractivity contribution in [3.63, 3.8) is 0 Å². The number of nitrogens with one attached hydrogen (secondary N) is 1. The highest BCUT2D eigenvalue weighted by molar-refractivity contribution is 7.91. The van der Waals surface area contributed by atoms with Crippen molar-refractivity contribution >= 4 is 27.4 Å². The molecule has 1 aromatic carbocycles. The van der Waals surface area contributed by atoms with E-state index in [9.17, 15) is 8.42 Å². The smallest absolute Gasteiger partial charge is 0.224 e. The third-order valence-electron chi connectivity index (χ3n) is 4.13. The molecule has 0 atom stereocenters. The monoisotopic (exact) mass is 349 g/mol. The lowest BCUT2D eigenvalue weighted by atomic mass is 10.3. The van der Waals surface area contributed by atoms with Crippen LogP contribution in [0.5, 0.6) is 0 Å². The zero-order valence-electron chi connectivity index (χ0n) is 13.4. The number of nitrogen functional groups attached to an aromatic ring is 2. The number of hydrogen-bond acceptors (Lipinski definition) is 7. The molecule has 128 valence electrons. The molecule has 3 rings (SSSR count). The van der Waals surface area contributed by atoms with E-state index < -0.39 is 9.84 Å². The van der Waals surface area contributed by atoms with E-state index in [1.165, 1.54) is 17.0 Å². The molecule has 1 aliphatic rings. The quantitative estimate of drug-likeness (QED) is 0.637. The van der Waals surface area contributed by atoms with Gasteiger partial charge in [-0.1, -0.05) is 18.2 Å². The average Bonchev–Trinajstić information content (AvgIpc) is 2.55. The normalized spacial score (nSPS) is 16.3. The van der Waals surface area contributed by atoms with E-state index >= 15 is 0 Å². The number of benzene rings is 1. The first-order chi connectivity index (χ1) is 11.4. The summed E-state index contributed by atoms with van der Waals surface area (Å²) in [5.41, 5.74) is 11.7. The van der Waals surface area contributed by atoms with E-state index in [1.54, 1.807) is 18.2 Å². The number of likely N-dealkylation sites (N-methyl/N-ethyl adjacent to an activating group) is 1. The highest BCUT2D eigenvalue weighted by atomic mass is 32.2. The lowest BCUT2D eigenvalue weighted by Crippen LogP contribution is -3.12. The van der Waals surface area contributed by atoms with Crippen molar-refractivity contribution in [3.05, 3.63) is 30.3 Å². The Morgan fingerprint density at radius 1 is 1.08 bits per heavy atom. The maximum atomic E-state index is 13.1. The zero-order chi connectivity index (χ0) is 17.3. The molecule has 1 aliphatic heterocycles. The van der Waals surface area contributed by atoms with E-state index in [4.69, 9.17) is 11.5 Å². The van der Waals surface area contributed by atoms with Gasteiger partial charge in [-0.05, 0) is 12.1 Å². The minimum atomic E-state index is -3.83. The number of anilines is 3. The summed E-state index contributed by atoms with van der Waals surface area (Å²) in [5.74, 6) is 0.143. The third-order valence-corrected chi connectivity index (χ3v) is 5.95. The van der Waals surface area contributed by atoms with Gasteiger partial charge in [-0.25, -0.2) is 8.42 Å². The fourth-order valence-corrected chi connectivity index (χ4v) is 4.25. The molecule has 0 amide bonds. The number of piperazine rings is 1. The van der Waals surface area contributed by atoms with Crippen molar-refractivity contribution < 1.29 is 13.3 Å². The number of nitrogens with zero attached hydrogens (tertiary/aromatic N) is 3. The van der Waals surface area contributed by atoms with Crippen LogP contribution >= 0.6 is 0 Å².